The van der Waals surface area contributed by atoms with Gasteiger partial charge in [0.15, 0.2) is 23.0 Å². The number of para-hydroxylation sites is 2. The van der Waals surface area contributed by atoms with Crippen molar-refractivity contribution in [2.75, 3.05) is 0 Å². The summed E-state index contributed by atoms with van der Waals surface area (Å²) in [6.45, 7) is 5.55. The van der Waals surface area contributed by atoms with E-state index in [9.17, 15) is 4.79 Å². The molecule has 0 aromatic heterocycles. The third-order valence-electron chi connectivity index (χ3n) is 3.14. The first-order chi connectivity index (χ1) is 10.1. The molecule has 0 saturated carbocycles. The Hall–Kier alpha value is -2.49. The zero-order valence-corrected chi connectivity index (χ0v) is 12.2. The Morgan fingerprint density at radius 1 is 1.00 bits per heavy atom. The van der Waals surface area contributed by atoms with Crippen molar-refractivity contribution in [3.8, 4) is 23.0 Å². The molecule has 0 radical (unpaired) electrons. The van der Waals surface area contributed by atoms with Crippen LogP contribution in [0.15, 0.2) is 36.4 Å². The Balaban J connectivity index is 2.03. The van der Waals surface area contributed by atoms with Crippen LogP contribution in [0.25, 0.3) is 0 Å². The van der Waals surface area contributed by atoms with Crippen molar-refractivity contribution in [1.29, 1.82) is 0 Å². The summed E-state index contributed by atoms with van der Waals surface area (Å²) in [4.78, 5) is 12.2. The van der Waals surface area contributed by atoms with E-state index in [4.69, 9.17) is 14.2 Å². The first kappa shape index (κ1) is 13.5. The van der Waals surface area contributed by atoms with E-state index in [0.717, 1.165) is 5.56 Å². The van der Waals surface area contributed by atoms with Crippen LogP contribution >= 0.6 is 0 Å². The quantitative estimate of drug-likeness (QED) is 0.652. The maximum atomic E-state index is 12.2. The number of ether oxygens (including phenoxy) is 3. The highest BCUT2D eigenvalue weighted by Crippen LogP contribution is 2.48. The first-order valence-corrected chi connectivity index (χ1v) is 6.85. The Labute approximate surface area is 123 Å². The molecular weight excluding hydrogens is 268 g/mol. The van der Waals surface area contributed by atoms with Gasteiger partial charge in [0.1, 0.15) is 5.56 Å². The summed E-state index contributed by atoms with van der Waals surface area (Å²) in [6.07, 6.45) is -0.188. The number of aryl methyl sites for hydroxylation is 1. The number of hydrogen-bond donors (Lipinski definition) is 0. The molecule has 2 aromatic carbocycles. The van der Waals surface area contributed by atoms with Crippen LogP contribution in [-0.4, -0.2) is 12.1 Å². The molecule has 4 nitrogen and oxygen atoms in total. The highest BCUT2D eigenvalue weighted by Gasteiger charge is 2.26. The smallest absolute Gasteiger partial charge is 0.342 e. The van der Waals surface area contributed by atoms with Crippen LogP contribution in [0, 0.1) is 6.92 Å². The molecule has 108 valence electrons. The van der Waals surface area contributed by atoms with E-state index in [1.54, 1.807) is 18.2 Å². The van der Waals surface area contributed by atoms with E-state index < -0.39 is 5.97 Å². The summed E-state index contributed by atoms with van der Waals surface area (Å²) >= 11 is 0. The van der Waals surface area contributed by atoms with Gasteiger partial charge in [-0.1, -0.05) is 18.2 Å². The van der Waals surface area contributed by atoms with Crippen LogP contribution in [0.4, 0.5) is 0 Å². The minimum absolute atomic E-state index is 0.188. The first-order valence-electron chi connectivity index (χ1n) is 6.85. The number of hydrogen-bond acceptors (Lipinski definition) is 4. The van der Waals surface area contributed by atoms with E-state index in [0.29, 0.717) is 28.6 Å². The molecule has 0 spiro atoms. The Kier molecular flexibility index (Phi) is 3.29. The molecule has 0 amide bonds. The zero-order chi connectivity index (χ0) is 15.0. The summed E-state index contributed by atoms with van der Waals surface area (Å²) in [6, 6.07) is 10.9. The van der Waals surface area contributed by atoms with E-state index in [2.05, 4.69) is 0 Å². The average molecular weight is 284 g/mol. The largest absolute Gasteiger partial charge is 0.459 e. The summed E-state index contributed by atoms with van der Waals surface area (Å²) in [5.74, 6) is 1.80. The number of rotatable bonds is 2. The van der Waals surface area contributed by atoms with Gasteiger partial charge in [-0.3, -0.25) is 0 Å². The van der Waals surface area contributed by atoms with Crippen molar-refractivity contribution in [3.63, 3.8) is 0 Å². The molecule has 0 atom stereocenters. The Bertz CT molecular complexity index is 704. The molecule has 0 saturated heterocycles. The van der Waals surface area contributed by atoms with Crippen molar-refractivity contribution in [3.05, 3.63) is 47.5 Å². The number of benzene rings is 2. The third-order valence-corrected chi connectivity index (χ3v) is 3.14. The minimum Gasteiger partial charge on any atom is -0.459 e. The van der Waals surface area contributed by atoms with Gasteiger partial charge < -0.3 is 14.2 Å². The van der Waals surface area contributed by atoms with Gasteiger partial charge in [0.25, 0.3) is 0 Å². The zero-order valence-electron chi connectivity index (χ0n) is 12.2. The van der Waals surface area contributed by atoms with Crippen LogP contribution in [0.2, 0.25) is 0 Å². The molecule has 3 rings (SSSR count). The molecule has 1 heterocycles. The van der Waals surface area contributed by atoms with Crippen LogP contribution in [0.5, 0.6) is 23.0 Å². The third kappa shape index (κ3) is 2.44. The van der Waals surface area contributed by atoms with E-state index in [1.165, 1.54) is 0 Å². The molecule has 21 heavy (non-hydrogen) atoms. The molecule has 2 aromatic rings. The highest BCUT2D eigenvalue weighted by molar-refractivity contribution is 5.94. The van der Waals surface area contributed by atoms with Crippen LogP contribution in [0.1, 0.15) is 29.8 Å². The van der Waals surface area contributed by atoms with Gasteiger partial charge in [0.05, 0.1) is 6.10 Å². The maximum Gasteiger partial charge on any atom is 0.342 e. The normalized spacial score (nSPS) is 12.0. The second kappa shape index (κ2) is 5.13. The van der Waals surface area contributed by atoms with Crippen LogP contribution in [0.3, 0.4) is 0 Å². The van der Waals surface area contributed by atoms with Gasteiger partial charge in [-0.15, -0.1) is 0 Å². The second-order valence-electron chi connectivity index (χ2n) is 5.19. The number of esters is 1. The van der Waals surface area contributed by atoms with Crippen LogP contribution < -0.4 is 9.47 Å². The second-order valence-corrected chi connectivity index (χ2v) is 5.19. The Morgan fingerprint density at radius 3 is 2.38 bits per heavy atom. The van der Waals surface area contributed by atoms with Gasteiger partial charge in [0, 0.05) is 0 Å². The number of fused-ring (bicyclic) bond motifs is 2. The predicted molar refractivity (Wildman–Crippen MR) is 78.3 cm³/mol. The summed E-state index contributed by atoms with van der Waals surface area (Å²) in [5, 5.41) is 0. The van der Waals surface area contributed by atoms with E-state index in [-0.39, 0.29) is 6.10 Å². The molecule has 0 aliphatic carbocycles. The number of carbonyl (C=O) groups is 1. The lowest BCUT2D eigenvalue weighted by atomic mass is 10.1. The molecule has 4 heteroatoms. The van der Waals surface area contributed by atoms with Gasteiger partial charge >= 0.3 is 5.97 Å². The lowest BCUT2D eigenvalue weighted by Crippen LogP contribution is -2.14. The summed E-state index contributed by atoms with van der Waals surface area (Å²) in [5.41, 5.74) is 1.32. The predicted octanol–water partition coefficient (Wildman–Crippen LogP) is 4.46. The molecule has 1 aliphatic heterocycles. The summed E-state index contributed by atoms with van der Waals surface area (Å²) in [7, 11) is 0. The molecule has 0 fully saturated rings. The highest BCUT2D eigenvalue weighted by atomic mass is 16.6. The molecule has 0 unspecified atom stereocenters. The van der Waals surface area contributed by atoms with Crippen molar-refractivity contribution in [2.24, 2.45) is 0 Å². The standard InChI is InChI=1S/C17H16O4/c1-10(2)19-17(18)12-7-5-9-14-16(12)21-15-11(3)6-4-8-13(15)20-14/h4-10H,1-3H3. The SMILES string of the molecule is Cc1cccc2c1Oc1c(cccc1C(=O)OC(C)C)O2. The average Bonchev–Trinajstić information content (AvgIpc) is 2.44. The van der Waals surface area contributed by atoms with Crippen molar-refractivity contribution < 1.29 is 19.0 Å². The van der Waals surface area contributed by atoms with Gasteiger partial charge in [0.2, 0.25) is 0 Å². The topological polar surface area (TPSA) is 44.8 Å². The van der Waals surface area contributed by atoms with Crippen molar-refractivity contribution >= 4 is 5.97 Å². The maximum absolute atomic E-state index is 12.2. The van der Waals surface area contributed by atoms with Gasteiger partial charge in [-0.05, 0) is 44.5 Å². The molecule has 1 aliphatic rings. The van der Waals surface area contributed by atoms with Gasteiger partial charge in [-0.2, -0.15) is 0 Å². The molecule has 0 N–H and O–H groups in total. The lowest BCUT2D eigenvalue weighted by molar-refractivity contribution is 0.0374. The summed E-state index contributed by atoms with van der Waals surface area (Å²) < 4.78 is 17.0. The fourth-order valence-electron chi connectivity index (χ4n) is 2.20. The monoisotopic (exact) mass is 284 g/mol. The number of carbonyl (C=O) groups excluding carboxylic acids is 1. The fraction of sp³-hybridized carbons (Fsp3) is 0.235. The van der Waals surface area contributed by atoms with Crippen LogP contribution in [-0.2, 0) is 4.74 Å². The van der Waals surface area contributed by atoms with Crippen molar-refractivity contribution in [2.45, 2.75) is 26.9 Å². The fourth-order valence-corrected chi connectivity index (χ4v) is 2.20. The molecular formula is C17H16O4. The lowest BCUT2D eigenvalue weighted by Gasteiger charge is -2.23. The van der Waals surface area contributed by atoms with Gasteiger partial charge in [-0.25, -0.2) is 4.79 Å². The minimum atomic E-state index is -0.414. The molecule has 0 bridgehead atoms. The van der Waals surface area contributed by atoms with Crippen molar-refractivity contribution in [1.82, 2.24) is 0 Å². The van der Waals surface area contributed by atoms with E-state index >= 15 is 0 Å². The van der Waals surface area contributed by atoms with E-state index in [1.807, 2.05) is 39.0 Å². The Morgan fingerprint density at radius 2 is 1.67 bits per heavy atom.